The number of hydrogen-bond donors (Lipinski definition) is 1. The molecule has 0 heterocycles. The maximum atomic E-state index is 12.9. The average molecular weight is 400 g/mol. The number of benzene rings is 2. The second kappa shape index (κ2) is 7.36. The maximum Gasteiger partial charge on any atom is 0.261 e. The summed E-state index contributed by atoms with van der Waals surface area (Å²) in [7, 11) is -3.56. The Bertz CT molecular complexity index is 942. The van der Waals surface area contributed by atoms with E-state index >= 15 is 0 Å². The van der Waals surface area contributed by atoms with Crippen LogP contribution in [0, 0.1) is 5.41 Å². The Morgan fingerprint density at radius 3 is 2.22 bits per heavy atom. The summed E-state index contributed by atoms with van der Waals surface area (Å²) in [6.45, 7) is 0. The van der Waals surface area contributed by atoms with Crippen LogP contribution in [0.5, 0.6) is 0 Å². The Morgan fingerprint density at radius 2 is 1.59 bits per heavy atom. The molecule has 27 heavy (non-hydrogen) atoms. The molecule has 3 nitrogen and oxygen atoms in total. The van der Waals surface area contributed by atoms with Crippen molar-refractivity contribution in [2.75, 3.05) is 6.26 Å². The lowest BCUT2D eigenvalue weighted by molar-refractivity contribution is 0.319. The smallest absolute Gasteiger partial charge is 0.261 e. The molecule has 0 aromatic heterocycles. The Hall–Kier alpha value is -1.72. The van der Waals surface area contributed by atoms with Crippen LogP contribution >= 0.6 is 11.8 Å². The molecule has 1 spiro atoms. The summed E-state index contributed by atoms with van der Waals surface area (Å²) in [5, 5.41) is 0. The topological polar surface area (TPSA) is 46.2 Å². The summed E-state index contributed by atoms with van der Waals surface area (Å²) >= 11 is 1.72. The highest BCUT2D eigenvalue weighted by Gasteiger charge is 2.42. The summed E-state index contributed by atoms with van der Waals surface area (Å²) in [5.41, 5.74) is 3.44. The van der Waals surface area contributed by atoms with Gasteiger partial charge in [0.05, 0.1) is 4.90 Å². The Kier molecular flexibility index (Phi) is 5.08. The quantitative estimate of drug-likeness (QED) is 0.680. The second-order valence-corrected chi connectivity index (χ2v) is 10.2. The minimum absolute atomic E-state index is 0.238. The van der Waals surface area contributed by atoms with Crippen molar-refractivity contribution in [3.8, 4) is 0 Å². The monoisotopic (exact) mass is 399 g/mol. The fraction of sp³-hybridized carbons (Fsp3) is 0.364. The molecule has 2 aliphatic rings. The third-order valence-electron chi connectivity index (χ3n) is 5.88. The number of nitrogens with one attached hydrogen (secondary N) is 1. The van der Waals surface area contributed by atoms with Crippen molar-refractivity contribution >= 4 is 27.4 Å². The van der Waals surface area contributed by atoms with Crippen molar-refractivity contribution in [1.82, 2.24) is 4.72 Å². The maximum absolute atomic E-state index is 12.9. The normalized spacial score (nSPS) is 19.0. The first-order valence-corrected chi connectivity index (χ1v) is 12.2. The molecule has 4 rings (SSSR count). The first-order chi connectivity index (χ1) is 13.0. The molecular weight excluding hydrogens is 374 g/mol. The molecule has 1 N–H and O–H groups in total. The summed E-state index contributed by atoms with van der Waals surface area (Å²) in [5.74, 6) is 0. The van der Waals surface area contributed by atoms with Crippen LogP contribution in [0.3, 0.4) is 0 Å². The van der Waals surface area contributed by atoms with E-state index in [0.717, 1.165) is 24.1 Å². The molecule has 1 fully saturated rings. The molecule has 1 saturated carbocycles. The molecule has 0 saturated heterocycles. The summed E-state index contributed by atoms with van der Waals surface area (Å²) < 4.78 is 28.8. The van der Waals surface area contributed by atoms with Crippen molar-refractivity contribution in [2.24, 2.45) is 5.41 Å². The van der Waals surface area contributed by atoms with Gasteiger partial charge in [0.15, 0.2) is 0 Å². The van der Waals surface area contributed by atoms with Gasteiger partial charge < -0.3 is 0 Å². The van der Waals surface area contributed by atoms with Crippen molar-refractivity contribution in [1.29, 1.82) is 0 Å². The Morgan fingerprint density at radius 1 is 0.926 bits per heavy atom. The third kappa shape index (κ3) is 3.81. The Labute approximate surface area is 166 Å². The van der Waals surface area contributed by atoms with Gasteiger partial charge in [0.1, 0.15) is 0 Å². The van der Waals surface area contributed by atoms with Crippen LogP contribution in [-0.4, -0.2) is 14.7 Å². The Balaban J connectivity index is 1.70. The van der Waals surface area contributed by atoms with E-state index in [1.807, 2.05) is 6.07 Å². The van der Waals surface area contributed by atoms with Crippen molar-refractivity contribution < 1.29 is 8.42 Å². The predicted octanol–water partition coefficient (Wildman–Crippen LogP) is 5.45. The number of sulfonamides is 1. The van der Waals surface area contributed by atoms with Gasteiger partial charge in [-0.25, -0.2) is 8.42 Å². The molecule has 0 unspecified atom stereocenters. The fourth-order valence-electron chi connectivity index (χ4n) is 4.49. The van der Waals surface area contributed by atoms with Gasteiger partial charge in [-0.05, 0) is 72.8 Å². The highest BCUT2D eigenvalue weighted by molar-refractivity contribution is 7.98. The predicted molar refractivity (Wildman–Crippen MR) is 112 cm³/mol. The largest absolute Gasteiger partial charge is 0.283 e. The lowest BCUT2D eigenvalue weighted by Crippen LogP contribution is -2.24. The molecule has 0 bridgehead atoms. The molecule has 0 atom stereocenters. The summed E-state index contributed by atoms with van der Waals surface area (Å²) in [6, 6.07) is 17.2. The zero-order valence-electron chi connectivity index (χ0n) is 15.6. The molecule has 0 amide bonds. The van der Waals surface area contributed by atoms with E-state index in [1.165, 1.54) is 36.2 Å². The number of thioether (sulfide) groups is 1. The highest BCUT2D eigenvalue weighted by atomic mass is 32.2. The summed E-state index contributed by atoms with van der Waals surface area (Å²) in [6.07, 6.45) is 8.74. The van der Waals surface area contributed by atoms with Gasteiger partial charge in [-0.15, -0.1) is 11.8 Å². The van der Waals surface area contributed by atoms with Crippen LogP contribution in [0.1, 0.15) is 44.1 Å². The van der Waals surface area contributed by atoms with E-state index in [-0.39, 0.29) is 5.41 Å². The molecule has 0 aliphatic heterocycles. The number of hydrogen-bond acceptors (Lipinski definition) is 3. The van der Waals surface area contributed by atoms with E-state index in [1.54, 1.807) is 36.0 Å². The van der Waals surface area contributed by atoms with Gasteiger partial charge in [0, 0.05) is 10.6 Å². The van der Waals surface area contributed by atoms with Crippen LogP contribution in [0.25, 0.3) is 5.57 Å². The van der Waals surface area contributed by atoms with Gasteiger partial charge in [0.2, 0.25) is 0 Å². The van der Waals surface area contributed by atoms with Crippen LogP contribution in [0.4, 0.5) is 0 Å². The minimum Gasteiger partial charge on any atom is -0.283 e. The SMILES string of the molecule is CSc1ccc(C2=C(NS(=O)(=O)c3ccccc3)CC3(CCCC3)C2)cc1. The molecule has 2 aromatic rings. The van der Waals surface area contributed by atoms with Crippen LogP contribution in [0.2, 0.25) is 0 Å². The molecule has 2 aliphatic carbocycles. The standard InChI is InChI=1S/C22H25NO2S2/c1-26-18-11-9-17(10-12-18)20-15-22(13-5-6-14-22)16-21(20)23-27(24,25)19-7-3-2-4-8-19/h2-4,7-12,23H,5-6,13-16H2,1H3. The lowest BCUT2D eigenvalue weighted by Gasteiger charge is -2.23. The first-order valence-electron chi connectivity index (χ1n) is 9.46. The first kappa shape index (κ1) is 18.6. The molecule has 0 radical (unpaired) electrons. The number of allylic oxidation sites excluding steroid dienone is 2. The van der Waals surface area contributed by atoms with Crippen LogP contribution < -0.4 is 4.72 Å². The van der Waals surface area contributed by atoms with E-state index in [0.29, 0.717) is 4.90 Å². The second-order valence-electron chi connectivity index (χ2n) is 7.66. The van der Waals surface area contributed by atoms with Crippen molar-refractivity contribution in [3.63, 3.8) is 0 Å². The third-order valence-corrected chi connectivity index (χ3v) is 8.03. The van der Waals surface area contributed by atoms with Crippen LogP contribution in [-0.2, 0) is 10.0 Å². The number of rotatable bonds is 5. The van der Waals surface area contributed by atoms with E-state index < -0.39 is 10.0 Å². The molecule has 5 heteroatoms. The van der Waals surface area contributed by atoms with E-state index in [4.69, 9.17) is 0 Å². The average Bonchev–Trinajstić information content (AvgIpc) is 3.29. The molecule has 2 aromatic carbocycles. The van der Waals surface area contributed by atoms with Gasteiger partial charge in [-0.3, -0.25) is 4.72 Å². The molecular formula is C22H25NO2S2. The zero-order chi connectivity index (χ0) is 18.9. The highest BCUT2D eigenvalue weighted by Crippen LogP contribution is 2.54. The van der Waals surface area contributed by atoms with Gasteiger partial charge in [-0.1, -0.05) is 43.2 Å². The minimum atomic E-state index is -3.56. The van der Waals surface area contributed by atoms with Gasteiger partial charge in [-0.2, -0.15) is 0 Å². The van der Waals surface area contributed by atoms with Crippen LogP contribution in [0.15, 0.2) is 70.1 Å². The summed E-state index contributed by atoms with van der Waals surface area (Å²) in [4.78, 5) is 1.54. The fourth-order valence-corrected chi connectivity index (χ4v) is 6.05. The zero-order valence-corrected chi connectivity index (χ0v) is 17.2. The van der Waals surface area contributed by atoms with Gasteiger partial charge in [0.25, 0.3) is 10.0 Å². The lowest BCUT2D eigenvalue weighted by atomic mass is 9.82. The molecule has 142 valence electrons. The van der Waals surface area contributed by atoms with E-state index in [9.17, 15) is 8.42 Å². The van der Waals surface area contributed by atoms with E-state index in [2.05, 4.69) is 35.2 Å². The van der Waals surface area contributed by atoms with Crippen molar-refractivity contribution in [2.45, 2.75) is 48.3 Å². The van der Waals surface area contributed by atoms with Gasteiger partial charge >= 0.3 is 0 Å². The van der Waals surface area contributed by atoms with Crippen molar-refractivity contribution in [3.05, 3.63) is 65.9 Å².